The lowest BCUT2D eigenvalue weighted by atomic mass is 9.98. The van der Waals surface area contributed by atoms with Crippen molar-refractivity contribution in [1.82, 2.24) is 5.32 Å². The van der Waals surface area contributed by atoms with Crippen LogP contribution in [-0.2, 0) is 12.8 Å². The van der Waals surface area contributed by atoms with Crippen molar-refractivity contribution in [2.45, 2.75) is 38.6 Å². The molecule has 1 aliphatic rings. The fraction of sp³-hybridized carbons (Fsp3) is 0.467. The summed E-state index contributed by atoms with van der Waals surface area (Å²) < 4.78 is 1.23. The Bertz CT molecular complexity index is 535. The van der Waals surface area contributed by atoms with E-state index < -0.39 is 0 Å². The molecular formula is C15H18BrNS2. The molecule has 0 radical (unpaired) electrons. The van der Waals surface area contributed by atoms with Crippen molar-refractivity contribution in [2.24, 2.45) is 0 Å². The Morgan fingerprint density at radius 3 is 2.84 bits per heavy atom. The lowest BCUT2D eigenvalue weighted by molar-refractivity contribution is 0.638. The minimum absolute atomic E-state index is 0.348. The molecule has 1 unspecified atom stereocenters. The van der Waals surface area contributed by atoms with Gasteiger partial charge in [-0.05, 0) is 70.7 Å². The van der Waals surface area contributed by atoms with Gasteiger partial charge in [-0.1, -0.05) is 6.92 Å². The second-order valence-corrected chi connectivity index (χ2v) is 7.74. The molecule has 0 fully saturated rings. The zero-order valence-corrected chi connectivity index (χ0v) is 14.3. The third kappa shape index (κ3) is 2.82. The number of nitrogens with one attached hydrogen (secondary N) is 1. The molecule has 102 valence electrons. The highest BCUT2D eigenvalue weighted by Crippen LogP contribution is 2.38. The van der Waals surface area contributed by atoms with Crippen LogP contribution >= 0.6 is 38.6 Å². The van der Waals surface area contributed by atoms with Crippen molar-refractivity contribution in [3.05, 3.63) is 42.2 Å². The van der Waals surface area contributed by atoms with Gasteiger partial charge in [0.1, 0.15) is 0 Å². The molecule has 2 aromatic heterocycles. The zero-order chi connectivity index (χ0) is 13.2. The maximum atomic E-state index is 3.68. The van der Waals surface area contributed by atoms with Gasteiger partial charge in [0.25, 0.3) is 0 Å². The summed E-state index contributed by atoms with van der Waals surface area (Å²) in [5.41, 5.74) is 2.98. The van der Waals surface area contributed by atoms with E-state index in [1.165, 1.54) is 40.6 Å². The van der Waals surface area contributed by atoms with Gasteiger partial charge in [-0.25, -0.2) is 0 Å². The maximum Gasteiger partial charge on any atom is 0.0690 e. The quantitative estimate of drug-likeness (QED) is 0.799. The van der Waals surface area contributed by atoms with Crippen LogP contribution in [0.1, 0.15) is 46.7 Å². The van der Waals surface area contributed by atoms with Gasteiger partial charge in [0, 0.05) is 19.6 Å². The molecule has 0 aliphatic heterocycles. The van der Waals surface area contributed by atoms with Crippen LogP contribution in [0.5, 0.6) is 0 Å². The summed E-state index contributed by atoms with van der Waals surface area (Å²) >= 11 is 7.46. The van der Waals surface area contributed by atoms with Gasteiger partial charge in [-0.2, -0.15) is 11.3 Å². The van der Waals surface area contributed by atoms with Crippen LogP contribution in [0, 0.1) is 0 Å². The Morgan fingerprint density at radius 1 is 1.32 bits per heavy atom. The third-order valence-electron chi connectivity index (χ3n) is 3.66. The average Bonchev–Trinajstić information content (AvgIpc) is 3.02. The van der Waals surface area contributed by atoms with Crippen LogP contribution < -0.4 is 5.32 Å². The summed E-state index contributed by atoms with van der Waals surface area (Å²) in [6.45, 7) is 3.18. The first-order chi connectivity index (χ1) is 9.29. The van der Waals surface area contributed by atoms with Crippen LogP contribution in [0.2, 0.25) is 0 Å². The highest BCUT2D eigenvalue weighted by Gasteiger charge is 2.21. The summed E-state index contributed by atoms with van der Waals surface area (Å²) in [6, 6.07) is 2.79. The first-order valence-electron chi connectivity index (χ1n) is 6.86. The number of hydrogen-bond donors (Lipinski definition) is 1. The SMILES string of the molecule is CCNC(c1cc2c(s1)CCCC2)c1cscc1Br. The van der Waals surface area contributed by atoms with Gasteiger partial charge < -0.3 is 5.32 Å². The minimum Gasteiger partial charge on any atom is -0.306 e. The zero-order valence-electron chi connectivity index (χ0n) is 11.0. The Hall–Kier alpha value is -0.160. The molecule has 1 nitrogen and oxygen atoms in total. The lowest BCUT2D eigenvalue weighted by Crippen LogP contribution is -2.20. The highest BCUT2D eigenvalue weighted by atomic mass is 79.9. The van der Waals surface area contributed by atoms with E-state index in [9.17, 15) is 0 Å². The summed E-state index contributed by atoms with van der Waals surface area (Å²) in [5, 5.41) is 8.07. The van der Waals surface area contributed by atoms with Crippen molar-refractivity contribution in [3.63, 3.8) is 0 Å². The summed E-state index contributed by atoms with van der Waals surface area (Å²) in [6.07, 6.45) is 5.28. The Morgan fingerprint density at radius 2 is 2.16 bits per heavy atom. The fourth-order valence-corrected chi connectivity index (χ4v) is 5.63. The molecule has 19 heavy (non-hydrogen) atoms. The van der Waals surface area contributed by atoms with Crippen molar-refractivity contribution in [1.29, 1.82) is 0 Å². The molecule has 0 saturated carbocycles. The fourth-order valence-electron chi connectivity index (χ4n) is 2.72. The number of aryl methyl sites for hydroxylation is 2. The number of thiophene rings is 2. The predicted molar refractivity (Wildman–Crippen MR) is 88.5 cm³/mol. The third-order valence-corrected chi connectivity index (χ3v) is 6.72. The normalized spacial score (nSPS) is 16.3. The predicted octanol–water partition coefficient (Wildman–Crippen LogP) is 5.15. The number of fused-ring (bicyclic) bond motifs is 1. The number of hydrogen-bond acceptors (Lipinski definition) is 3. The monoisotopic (exact) mass is 355 g/mol. The van der Waals surface area contributed by atoms with E-state index in [-0.39, 0.29) is 0 Å². The molecule has 0 aromatic carbocycles. The molecule has 2 aromatic rings. The van der Waals surface area contributed by atoms with E-state index in [2.05, 4.69) is 45.0 Å². The van der Waals surface area contributed by atoms with E-state index in [1.54, 1.807) is 21.8 Å². The Kier molecular flexibility index (Phi) is 4.42. The first kappa shape index (κ1) is 13.8. The number of halogens is 1. The largest absolute Gasteiger partial charge is 0.306 e. The highest BCUT2D eigenvalue weighted by molar-refractivity contribution is 9.10. The van der Waals surface area contributed by atoms with E-state index in [4.69, 9.17) is 0 Å². The lowest BCUT2D eigenvalue weighted by Gasteiger charge is -2.16. The van der Waals surface area contributed by atoms with E-state index in [0.29, 0.717) is 6.04 Å². The van der Waals surface area contributed by atoms with Crippen molar-refractivity contribution in [2.75, 3.05) is 6.54 Å². The molecule has 0 amide bonds. The molecule has 0 spiro atoms. The Balaban J connectivity index is 1.96. The number of rotatable bonds is 4. The topological polar surface area (TPSA) is 12.0 Å². The summed E-state index contributed by atoms with van der Waals surface area (Å²) in [4.78, 5) is 3.10. The summed E-state index contributed by atoms with van der Waals surface area (Å²) in [5.74, 6) is 0. The van der Waals surface area contributed by atoms with E-state index in [1.807, 2.05) is 11.3 Å². The van der Waals surface area contributed by atoms with E-state index in [0.717, 1.165) is 6.54 Å². The van der Waals surface area contributed by atoms with Crippen LogP contribution in [0.25, 0.3) is 0 Å². The molecule has 2 heterocycles. The van der Waals surface area contributed by atoms with Crippen LogP contribution in [0.4, 0.5) is 0 Å². The van der Waals surface area contributed by atoms with Crippen molar-refractivity contribution < 1.29 is 0 Å². The van der Waals surface area contributed by atoms with Gasteiger partial charge in [0.15, 0.2) is 0 Å². The average molecular weight is 356 g/mol. The van der Waals surface area contributed by atoms with Crippen LogP contribution in [0.3, 0.4) is 0 Å². The minimum atomic E-state index is 0.348. The molecular weight excluding hydrogens is 338 g/mol. The maximum absolute atomic E-state index is 3.68. The summed E-state index contributed by atoms with van der Waals surface area (Å²) in [7, 11) is 0. The second kappa shape index (κ2) is 6.08. The van der Waals surface area contributed by atoms with Crippen LogP contribution in [-0.4, -0.2) is 6.54 Å². The standard InChI is InChI=1S/C15H18BrNS2/c1-2-17-15(11-8-18-9-12(11)16)14-7-10-5-3-4-6-13(10)19-14/h7-9,15,17H,2-6H2,1H3. The van der Waals surface area contributed by atoms with Gasteiger partial charge in [-0.3, -0.25) is 0 Å². The first-order valence-corrected chi connectivity index (χ1v) is 9.41. The van der Waals surface area contributed by atoms with Gasteiger partial charge in [-0.15, -0.1) is 11.3 Å². The Labute approximate surface area is 131 Å². The van der Waals surface area contributed by atoms with Gasteiger partial charge in [0.05, 0.1) is 6.04 Å². The second-order valence-electron chi connectivity index (χ2n) is 4.97. The van der Waals surface area contributed by atoms with Gasteiger partial charge >= 0.3 is 0 Å². The molecule has 1 aliphatic carbocycles. The molecule has 1 atom stereocenters. The molecule has 0 saturated heterocycles. The van der Waals surface area contributed by atoms with Crippen molar-refractivity contribution >= 4 is 38.6 Å². The molecule has 3 rings (SSSR count). The van der Waals surface area contributed by atoms with Gasteiger partial charge in [0.2, 0.25) is 0 Å². The van der Waals surface area contributed by atoms with E-state index >= 15 is 0 Å². The molecule has 4 heteroatoms. The molecule has 1 N–H and O–H groups in total. The molecule has 0 bridgehead atoms. The smallest absolute Gasteiger partial charge is 0.0690 e. The van der Waals surface area contributed by atoms with Crippen LogP contribution in [0.15, 0.2) is 21.3 Å². The van der Waals surface area contributed by atoms with Crippen molar-refractivity contribution in [3.8, 4) is 0 Å².